The highest BCUT2D eigenvalue weighted by Gasteiger charge is 2.51. The lowest BCUT2D eigenvalue weighted by Crippen LogP contribution is -2.47. The maximum Gasteiger partial charge on any atom is 0.254 e. The number of ketones is 1. The second-order valence-electron chi connectivity index (χ2n) is 10.6. The third-order valence-corrected chi connectivity index (χ3v) is 9.46. The van der Waals surface area contributed by atoms with Gasteiger partial charge < -0.3 is 10.3 Å². The summed E-state index contributed by atoms with van der Waals surface area (Å²) in [6.45, 7) is 3.37. The zero-order chi connectivity index (χ0) is 24.0. The number of benzene rings is 1. The molecule has 1 aromatic heterocycles. The summed E-state index contributed by atoms with van der Waals surface area (Å²) in [6.07, 6.45) is 8.88. The molecule has 1 heterocycles. The fourth-order valence-corrected chi connectivity index (χ4v) is 7.97. The largest absolute Gasteiger partial charge is 0.324 e. The topological polar surface area (TPSA) is 91.9 Å². The van der Waals surface area contributed by atoms with Crippen LogP contribution < -0.4 is 10.9 Å². The van der Waals surface area contributed by atoms with E-state index in [2.05, 4.69) is 26.2 Å². The molecule has 4 saturated carbocycles. The van der Waals surface area contributed by atoms with Gasteiger partial charge in [0.25, 0.3) is 5.56 Å². The first-order valence-corrected chi connectivity index (χ1v) is 13.8. The van der Waals surface area contributed by atoms with Crippen molar-refractivity contribution in [3.63, 3.8) is 0 Å². The number of carbonyl (C=O) groups is 2. The molecule has 0 spiro atoms. The summed E-state index contributed by atoms with van der Waals surface area (Å²) in [5, 5.41) is 3.35. The molecule has 34 heavy (non-hydrogen) atoms. The Morgan fingerprint density at radius 1 is 1.18 bits per heavy atom. The molecular formula is C26H30BrN3O3S. The summed E-state index contributed by atoms with van der Waals surface area (Å²) in [7, 11) is 0. The van der Waals surface area contributed by atoms with Crippen LogP contribution in [0.4, 0.5) is 5.69 Å². The number of Topliss-reactive ketones (excluding diaryl/α,β-unsaturated/α-hetero) is 1. The standard InChI is InChI=1S/C26H30BrN3O3S/c1-14-22(12-26-9-16-5-17(10-26)7-18(6-16)11-26)29-25(30-24(14)33)34-13-23(32)28-21-4-3-19(15(2)31)8-20(21)27/h3-4,8,16-18H,5-7,9-13H2,1-2H3,(H,28,32)(H,29,30,33). The molecule has 0 atom stereocenters. The Labute approximate surface area is 212 Å². The van der Waals surface area contributed by atoms with Gasteiger partial charge in [0.05, 0.1) is 17.1 Å². The molecule has 0 saturated heterocycles. The quantitative estimate of drug-likeness (QED) is 0.272. The number of nitrogens with zero attached hydrogens (tertiary/aromatic N) is 1. The molecule has 4 aliphatic carbocycles. The van der Waals surface area contributed by atoms with Gasteiger partial charge in [-0.3, -0.25) is 14.4 Å². The van der Waals surface area contributed by atoms with Crippen LogP contribution in [0, 0.1) is 30.1 Å². The van der Waals surface area contributed by atoms with E-state index in [1.807, 2.05) is 6.92 Å². The summed E-state index contributed by atoms with van der Waals surface area (Å²) in [6, 6.07) is 5.09. The van der Waals surface area contributed by atoms with Crippen molar-refractivity contribution in [2.45, 2.75) is 63.9 Å². The van der Waals surface area contributed by atoms with Gasteiger partial charge in [0.15, 0.2) is 10.9 Å². The fourth-order valence-electron chi connectivity index (χ4n) is 6.81. The summed E-state index contributed by atoms with van der Waals surface area (Å²) >= 11 is 4.65. The van der Waals surface area contributed by atoms with Crippen molar-refractivity contribution in [1.29, 1.82) is 0 Å². The van der Waals surface area contributed by atoms with E-state index in [9.17, 15) is 14.4 Å². The number of carbonyl (C=O) groups excluding carboxylic acids is 2. The van der Waals surface area contributed by atoms with Crippen LogP contribution in [-0.2, 0) is 11.2 Å². The van der Waals surface area contributed by atoms with E-state index < -0.39 is 0 Å². The molecule has 4 bridgehead atoms. The number of H-pyrrole nitrogens is 1. The van der Waals surface area contributed by atoms with Gasteiger partial charge in [0.1, 0.15) is 0 Å². The van der Waals surface area contributed by atoms with Crippen molar-refractivity contribution in [3.05, 3.63) is 49.8 Å². The van der Waals surface area contributed by atoms with E-state index in [-0.39, 0.29) is 23.0 Å². The number of nitrogens with one attached hydrogen (secondary N) is 2. The predicted molar refractivity (Wildman–Crippen MR) is 137 cm³/mol. The SMILES string of the molecule is CC(=O)c1ccc(NC(=O)CSc2nc(CC34CC5CC(CC(C5)C3)C4)c(C)c(=O)[nH]2)c(Br)c1. The third-order valence-electron chi connectivity index (χ3n) is 7.93. The highest BCUT2D eigenvalue weighted by atomic mass is 79.9. The Bertz CT molecular complexity index is 1170. The molecule has 1 amide bonds. The van der Waals surface area contributed by atoms with Crippen LogP contribution in [0.5, 0.6) is 0 Å². The summed E-state index contributed by atoms with van der Waals surface area (Å²) < 4.78 is 0.651. The molecule has 4 aliphatic rings. The zero-order valence-electron chi connectivity index (χ0n) is 19.6. The fraction of sp³-hybridized carbons (Fsp3) is 0.538. The van der Waals surface area contributed by atoms with E-state index in [0.717, 1.165) is 29.9 Å². The number of anilines is 1. The van der Waals surface area contributed by atoms with Gasteiger partial charge in [-0.15, -0.1) is 0 Å². The van der Waals surface area contributed by atoms with Crippen LogP contribution in [0.25, 0.3) is 0 Å². The summed E-state index contributed by atoms with van der Waals surface area (Å²) in [5.41, 5.74) is 2.98. The third kappa shape index (κ3) is 4.89. The second-order valence-corrected chi connectivity index (χ2v) is 12.4. The van der Waals surface area contributed by atoms with Crippen molar-refractivity contribution in [1.82, 2.24) is 9.97 Å². The van der Waals surface area contributed by atoms with Gasteiger partial charge in [0, 0.05) is 15.6 Å². The number of aromatic amines is 1. The van der Waals surface area contributed by atoms with Crippen molar-refractivity contribution in [2.24, 2.45) is 23.2 Å². The smallest absolute Gasteiger partial charge is 0.254 e. The molecule has 1 aromatic carbocycles. The van der Waals surface area contributed by atoms with E-state index in [0.29, 0.717) is 31.9 Å². The highest BCUT2D eigenvalue weighted by molar-refractivity contribution is 9.10. The first-order valence-electron chi connectivity index (χ1n) is 12.0. The Morgan fingerprint density at radius 3 is 2.41 bits per heavy atom. The monoisotopic (exact) mass is 543 g/mol. The molecule has 0 aliphatic heterocycles. The number of hydrogen-bond acceptors (Lipinski definition) is 5. The molecule has 6 nitrogen and oxygen atoms in total. The van der Waals surface area contributed by atoms with Crippen molar-refractivity contribution in [3.8, 4) is 0 Å². The van der Waals surface area contributed by atoms with Gasteiger partial charge in [-0.05, 0) is 116 Å². The summed E-state index contributed by atoms with van der Waals surface area (Å²) in [5.74, 6) is 2.46. The molecule has 2 aromatic rings. The highest BCUT2D eigenvalue weighted by Crippen LogP contribution is 2.61. The van der Waals surface area contributed by atoms with E-state index in [1.54, 1.807) is 18.2 Å². The minimum atomic E-state index is -0.202. The molecule has 6 rings (SSSR count). The molecule has 2 N–H and O–H groups in total. The summed E-state index contributed by atoms with van der Waals surface area (Å²) in [4.78, 5) is 44.4. The van der Waals surface area contributed by atoms with Crippen molar-refractivity contribution < 1.29 is 9.59 Å². The molecule has 4 fully saturated rings. The maximum absolute atomic E-state index is 12.7. The molecule has 0 unspecified atom stereocenters. The average molecular weight is 545 g/mol. The van der Waals surface area contributed by atoms with Gasteiger partial charge in [-0.2, -0.15) is 0 Å². The Kier molecular flexibility index (Phi) is 6.48. The second kappa shape index (κ2) is 9.26. The normalized spacial score (nSPS) is 27.1. The number of thioether (sulfide) groups is 1. The van der Waals surface area contributed by atoms with Gasteiger partial charge in [0.2, 0.25) is 5.91 Å². The first kappa shape index (κ1) is 23.8. The van der Waals surface area contributed by atoms with Crippen molar-refractivity contribution in [2.75, 3.05) is 11.1 Å². The van der Waals surface area contributed by atoms with Gasteiger partial charge >= 0.3 is 0 Å². The van der Waals surface area contributed by atoms with Crippen LogP contribution in [0.2, 0.25) is 0 Å². The average Bonchev–Trinajstić information content (AvgIpc) is 2.75. The van der Waals surface area contributed by atoms with Crippen LogP contribution in [0.15, 0.2) is 32.6 Å². The number of amides is 1. The number of halogens is 1. The minimum absolute atomic E-state index is 0.0344. The number of hydrogen-bond donors (Lipinski definition) is 2. The van der Waals surface area contributed by atoms with Crippen molar-refractivity contribution >= 4 is 45.1 Å². The van der Waals surface area contributed by atoms with Crippen LogP contribution in [0.3, 0.4) is 0 Å². The first-order chi connectivity index (χ1) is 16.2. The molecule has 8 heteroatoms. The maximum atomic E-state index is 12.7. The van der Waals surface area contributed by atoms with Gasteiger partial charge in [-0.25, -0.2) is 4.98 Å². The number of aromatic nitrogens is 2. The molecule has 180 valence electrons. The Morgan fingerprint density at radius 2 is 1.82 bits per heavy atom. The van der Waals surface area contributed by atoms with Crippen LogP contribution in [-0.4, -0.2) is 27.4 Å². The lowest BCUT2D eigenvalue weighted by molar-refractivity contribution is -0.113. The van der Waals surface area contributed by atoms with E-state index in [4.69, 9.17) is 4.98 Å². The minimum Gasteiger partial charge on any atom is -0.324 e. The Hall–Kier alpha value is -1.93. The van der Waals surface area contributed by atoms with Gasteiger partial charge in [-0.1, -0.05) is 11.8 Å². The lowest BCUT2D eigenvalue weighted by Gasteiger charge is -2.57. The van der Waals surface area contributed by atoms with Crippen LogP contribution in [0.1, 0.15) is 67.1 Å². The predicted octanol–water partition coefficient (Wildman–Crippen LogP) is 5.53. The van der Waals surface area contributed by atoms with Crippen LogP contribution >= 0.6 is 27.7 Å². The lowest BCUT2D eigenvalue weighted by atomic mass is 9.48. The number of rotatable bonds is 7. The van der Waals surface area contributed by atoms with E-state index >= 15 is 0 Å². The Balaban J connectivity index is 1.26. The molecular weight excluding hydrogens is 514 g/mol. The zero-order valence-corrected chi connectivity index (χ0v) is 22.0. The molecule has 0 radical (unpaired) electrons. The van der Waals surface area contributed by atoms with E-state index in [1.165, 1.54) is 57.2 Å².